The fourth-order valence-electron chi connectivity index (χ4n) is 2.54. The van der Waals surface area contributed by atoms with Crippen molar-refractivity contribution in [2.75, 3.05) is 4.90 Å². The molecule has 0 saturated carbocycles. The average Bonchev–Trinajstić information content (AvgIpc) is 3.00. The van der Waals surface area contributed by atoms with Gasteiger partial charge in [-0.2, -0.15) is 0 Å². The number of anilines is 1. The van der Waals surface area contributed by atoms with Crippen LogP contribution >= 0.6 is 0 Å². The molecule has 0 aromatic heterocycles. The van der Waals surface area contributed by atoms with Gasteiger partial charge in [0.15, 0.2) is 11.7 Å². The Balaban J connectivity index is 1.90. The molecule has 1 saturated heterocycles. The van der Waals surface area contributed by atoms with Crippen molar-refractivity contribution >= 4 is 35.1 Å². The summed E-state index contributed by atoms with van der Waals surface area (Å²) in [6.07, 6.45) is 1.85. The molecule has 8 nitrogen and oxygen atoms in total. The lowest BCUT2D eigenvalue weighted by atomic mass is 9.96. The fourth-order valence-corrected chi connectivity index (χ4v) is 2.54. The minimum absolute atomic E-state index is 0.0795. The van der Waals surface area contributed by atoms with E-state index in [1.165, 1.54) is 24.3 Å². The van der Waals surface area contributed by atoms with Crippen molar-refractivity contribution in [3.8, 4) is 0 Å². The lowest BCUT2D eigenvalue weighted by molar-refractivity contribution is -0.948. The first-order valence-corrected chi connectivity index (χ1v) is 6.74. The van der Waals surface area contributed by atoms with Crippen LogP contribution in [0.5, 0.6) is 0 Å². The van der Waals surface area contributed by atoms with Gasteiger partial charge in [0.1, 0.15) is 0 Å². The highest BCUT2D eigenvalue weighted by molar-refractivity contribution is 6.28. The number of hydrogen-bond donors (Lipinski definition) is 2. The van der Waals surface area contributed by atoms with Crippen LogP contribution in [0.15, 0.2) is 36.4 Å². The normalized spacial score (nSPS) is 24.0. The van der Waals surface area contributed by atoms with Gasteiger partial charge >= 0.3 is 11.8 Å². The molecule has 4 amide bonds. The molecule has 2 unspecified atom stereocenters. The zero-order valence-corrected chi connectivity index (χ0v) is 11.7. The van der Waals surface area contributed by atoms with E-state index in [4.69, 9.17) is 0 Å². The molecule has 116 valence electrons. The summed E-state index contributed by atoms with van der Waals surface area (Å²) in [7, 11) is 0. The molecule has 0 spiro atoms. The molecule has 0 radical (unpaired) electrons. The Hall–Kier alpha value is -2.97. The summed E-state index contributed by atoms with van der Waals surface area (Å²) in [6.45, 7) is 0. The van der Waals surface area contributed by atoms with Gasteiger partial charge in [-0.1, -0.05) is 17.2 Å². The van der Waals surface area contributed by atoms with E-state index in [1.807, 2.05) is 0 Å². The van der Waals surface area contributed by atoms with Crippen molar-refractivity contribution in [2.24, 2.45) is 5.92 Å². The number of benzene rings is 1. The number of Topliss-reactive ketones (excluding diaryl/α,β-unsaturated/α-hetero) is 1. The number of carbonyl (C=O) groups excluding carboxylic acids is 5. The molecular formula is C15H11N2O6+. The Kier molecular flexibility index (Phi) is 3.47. The van der Waals surface area contributed by atoms with Gasteiger partial charge in [0, 0.05) is 17.7 Å². The maximum absolute atomic E-state index is 12.4. The van der Waals surface area contributed by atoms with Gasteiger partial charge in [-0.3, -0.25) is 14.4 Å². The molecule has 23 heavy (non-hydrogen) atoms. The van der Waals surface area contributed by atoms with E-state index in [-0.39, 0.29) is 17.7 Å². The standard InChI is InChI=1S/C15H10N2O6/c18-11-4-5-12(19)16(11)9-3-1-2-8(6-9)14(21)10-7-13(20)17(23)15(10)22/h1-6,10,23H,7H2/p+1. The molecular weight excluding hydrogens is 304 g/mol. The van der Waals surface area contributed by atoms with Crippen LogP contribution in [-0.4, -0.2) is 34.6 Å². The topological polar surface area (TPSA) is 113 Å². The Bertz CT molecular complexity index is 779. The zero-order valence-electron chi connectivity index (χ0n) is 11.7. The lowest BCUT2D eigenvalue weighted by Gasteiger charge is -2.14. The third-order valence-corrected chi connectivity index (χ3v) is 3.72. The number of hydrogen-bond acceptors (Lipinski definition) is 6. The first kappa shape index (κ1) is 14.9. The van der Waals surface area contributed by atoms with Crippen LogP contribution in [-0.2, 0) is 19.2 Å². The Morgan fingerprint density at radius 1 is 1.13 bits per heavy atom. The second kappa shape index (κ2) is 5.34. The molecule has 2 atom stereocenters. The van der Waals surface area contributed by atoms with Gasteiger partial charge in [0.05, 0.1) is 12.1 Å². The number of carbonyl (C=O) groups is 5. The van der Waals surface area contributed by atoms with Crippen molar-refractivity contribution in [3.05, 3.63) is 42.0 Å². The first-order chi connectivity index (χ1) is 10.9. The monoisotopic (exact) mass is 315 g/mol. The highest BCUT2D eigenvalue weighted by Gasteiger charge is 2.48. The van der Waals surface area contributed by atoms with Crippen molar-refractivity contribution in [2.45, 2.75) is 6.42 Å². The summed E-state index contributed by atoms with van der Waals surface area (Å²) in [4.78, 5) is 59.6. The third kappa shape index (κ3) is 2.39. The van der Waals surface area contributed by atoms with Crippen LogP contribution in [0.25, 0.3) is 0 Å². The van der Waals surface area contributed by atoms with Gasteiger partial charge in [-0.05, 0) is 12.1 Å². The fraction of sp³-hybridized carbons (Fsp3) is 0.133. The van der Waals surface area contributed by atoms with Crippen LogP contribution in [0.4, 0.5) is 5.69 Å². The molecule has 1 fully saturated rings. The molecule has 8 heteroatoms. The van der Waals surface area contributed by atoms with Crippen molar-refractivity contribution in [3.63, 3.8) is 0 Å². The minimum Gasteiger partial charge on any atom is -0.293 e. The van der Waals surface area contributed by atoms with E-state index in [1.54, 1.807) is 0 Å². The van der Waals surface area contributed by atoms with E-state index in [0.29, 0.717) is 0 Å². The molecule has 2 N–H and O–H groups in total. The molecule has 0 bridgehead atoms. The van der Waals surface area contributed by atoms with Crippen LogP contribution < -0.4 is 9.96 Å². The van der Waals surface area contributed by atoms with Crippen molar-refractivity contribution < 1.29 is 34.2 Å². The van der Waals surface area contributed by atoms with Crippen LogP contribution in [0.2, 0.25) is 0 Å². The summed E-state index contributed by atoms with van der Waals surface area (Å²) in [6, 6.07) is 5.66. The number of amides is 4. The van der Waals surface area contributed by atoms with E-state index in [0.717, 1.165) is 17.1 Å². The summed E-state index contributed by atoms with van der Waals surface area (Å²) >= 11 is 0. The van der Waals surface area contributed by atoms with Gasteiger partial charge in [0.25, 0.3) is 11.8 Å². The van der Waals surface area contributed by atoms with E-state index in [9.17, 15) is 29.2 Å². The number of ketones is 1. The third-order valence-electron chi connectivity index (χ3n) is 3.72. The first-order valence-electron chi connectivity index (χ1n) is 6.74. The summed E-state index contributed by atoms with van der Waals surface area (Å²) in [5.41, 5.74) is 0.275. The number of nitrogens with zero attached hydrogens (tertiary/aromatic N) is 1. The molecule has 2 aliphatic rings. The van der Waals surface area contributed by atoms with Crippen LogP contribution in [0.3, 0.4) is 0 Å². The maximum atomic E-state index is 12.4. The number of hydroxylamine groups is 2. The average molecular weight is 315 g/mol. The second-order valence-corrected chi connectivity index (χ2v) is 5.15. The summed E-state index contributed by atoms with van der Waals surface area (Å²) < 4.78 is 0. The molecule has 0 aliphatic carbocycles. The number of nitrogens with one attached hydrogen (secondary N) is 1. The molecule has 1 aromatic rings. The molecule has 3 rings (SSSR count). The Labute approximate surface area is 129 Å². The second-order valence-electron chi connectivity index (χ2n) is 5.15. The number of imide groups is 2. The van der Waals surface area contributed by atoms with Crippen molar-refractivity contribution in [1.82, 2.24) is 0 Å². The number of quaternary nitrogens is 1. The van der Waals surface area contributed by atoms with E-state index >= 15 is 0 Å². The zero-order chi connectivity index (χ0) is 16.7. The van der Waals surface area contributed by atoms with Gasteiger partial charge in [-0.25, -0.2) is 19.7 Å². The molecule has 2 aliphatic heterocycles. The quantitative estimate of drug-likeness (QED) is 0.308. The predicted octanol–water partition coefficient (Wildman–Crippen LogP) is -1.35. The van der Waals surface area contributed by atoms with Gasteiger partial charge in [0.2, 0.25) is 0 Å². The SMILES string of the molecule is O=C(c1cccc(N2C(=O)C=CC2=O)c1)C1CC(=O)[NH+](O)C1=O. The van der Waals surface area contributed by atoms with Crippen LogP contribution in [0, 0.1) is 5.92 Å². The predicted molar refractivity (Wildman–Crippen MR) is 73.3 cm³/mol. The molecule has 1 aromatic carbocycles. The van der Waals surface area contributed by atoms with E-state index in [2.05, 4.69) is 0 Å². The van der Waals surface area contributed by atoms with Gasteiger partial charge < -0.3 is 0 Å². The molecule has 2 heterocycles. The maximum Gasteiger partial charge on any atom is 0.363 e. The highest BCUT2D eigenvalue weighted by atomic mass is 16.5. The van der Waals surface area contributed by atoms with Gasteiger partial charge in [-0.15, -0.1) is 0 Å². The van der Waals surface area contributed by atoms with E-state index < -0.39 is 40.4 Å². The highest BCUT2D eigenvalue weighted by Crippen LogP contribution is 2.23. The smallest absolute Gasteiger partial charge is 0.293 e. The minimum atomic E-state index is -1.26. The Morgan fingerprint density at radius 2 is 1.78 bits per heavy atom. The van der Waals surface area contributed by atoms with Crippen molar-refractivity contribution in [1.29, 1.82) is 0 Å². The summed E-state index contributed by atoms with van der Waals surface area (Å²) in [5, 5.41) is 8.38. The summed E-state index contributed by atoms with van der Waals surface area (Å²) in [5.74, 6) is -4.63. The largest absolute Gasteiger partial charge is 0.363 e. The van der Waals surface area contributed by atoms with Crippen LogP contribution in [0.1, 0.15) is 16.8 Å². The number of rotatable bonds is 3. The Morgan fingerprint density at radius 3 is 2.35 bits per heavy atom. The lowest BCUT2D eigenvalue weighted by Crippen LogP contribution is -3.13.